The van der Waals surface area contributed by atoms with E-state index in [1.807, 2.05) is 30.3 Å². The predicted molar refractivity (Wildman–Crippen MR) is 126 cm³/mol. The molecule has 2 N–H and O–H groups in total. The third-order valence-corrected chi connectivity index (χ3v) is 5.63. The first-order chi connectivity index (χ1) is 16.4. The van der Waals surface area contributed by atoms with Gasteiger partial charge in [0.15, 0.2) is 0 Å². The molecule has 1 atom stereocenters. The number of hydrogen-bond acceptors (Lipinski definition) is 5. The fourth-order valence-electron chi connectivity index (χ4n) is 3.68. The van der Waals surface area contributed by atoms with Crippen LogP contribution in [0.25, 0.3) is 0 Å². The molecule has 0 spiro atoms. The highest BCUT2D eigenvalue weighted by Gasteiger charge is 2.49. The topological polar surface area (TPSA) is 97.0 Å². The number of rotatable bonds is 8. The highest BCUT2D eigenvalue weighted by atomic mass is 16.5. The maximum absolute atomic E-state index is 13.0. The largest absolute Gasteiger partial charge is 0.497 e. The summed E-state index contributed by atoms with van der Waals surface area (Å²) in [4.78, 5) is 39.0. The maximum atomic E-state index is 13.0. The number of anilines is 1. The Morgan fingerprint density at radius 1 is 0.941 bits per heavy atom. The van der Waals surface area contributed by atoms with Crippen molar-refractivity contribution in [3.63, 3.8) is 0 Å². The molecule has 1 fully saturated rings. The molecule has 174 valence electrons. The van der Waals surface area contributed by atoms with Gasteiger partial charge in [0.1, 0.15) is 30.2 Å². The number of benzene rings is 3. The van der Waals surface area contributed by atoms with Crippen LogP contribution in [0.5, 0.6) is 11.5 Å². The normalized spacial score (nSPS) is 17.3. The average molecular weight is 460 g/mol. The monoisotopic (exact) mass is 459 g/mol. The van der Waals surface area contributed by atoms with Crippen molar-refractivity contribution >= 4 is 23.5 Å². The van der Waals surface area contributed by atoms with Crippen LogP contribution >= 0.6 is 0 Å². The number of imide groups is 1. The minimum Gasteiger partial charge on any atom is -0.497 e. The van der Waals surface area contributed by atoms with Gasteiger partial charge < -0.3 is 20.1 Å². The lowest BCUT2D eigenvalue weighted by Crippen LogP contribution is -2.42. The van der Waals surface area contributed by atoms with Gasteiger partial charge in [-0.15, -0.1) is 0 Å². The van der Waals surface area contributed by atoms with Gasteiger partial charge in [-0.3, -0.25) is 14.5 Å². The molecule has 34 heavy (non-hydrogen) atoms. The van der Waals surface area contributed by atoms with Crippen LogP contribution in [0.3, 0.4) is 0 Å². The van der Waals surface area contributed by atoms with Gasteiger partial charge in [-0.1, -0.05) is 42.5 Å². The van der Waals surface area contributed by atoms with Gasteiger partial charge >= 0.3 is 6.03 Å². The van der Waals surface area contributed by atoms with Gasteiger partial charge in [-0.05, 0) is 54.4 Å². The van der Waals surface area contributed by atoms with Crippen LogP contribution in [0.15, 0.2) is 78.9 Å². The molecule has 1 aliphatic rings. The first kappa shape index (κ1) is 22.8. The van der Waals surface area contributed by atoms with Gasteiger partial charge in [0.25, 0.3) is 5.91 Å². The maximum Gasteiger partial charge on any atom is 0.325 e. The molecule has 8 heteroatoms. The fourth-order valence-corrected chi connectivity index (χ4v) is 3.68. The lowest BCUT2D eigenvalue weighted by Gasteiger charge is -2.22. The molecule has 3 aromatic rings. The summed E-state index contributed by atoms with van der Waals surface area (Å²) in [6.45, 7) is 1.65. The summed E-state index contributed by atoms with van der Waals surface area (Å²) < 4.78 is 10.9. The first-order valence-corrected chi connectivity index (χ1v) is 10.7. The number of carbonyl (C=O) groups is 3. The van der Waals surface area contributed by atoms with Crippen LogP contribution in [0, 0.1) is 0 Å². The van der Waals surface area contributed by atoms with Gasteiger partial charge in [-0.2, -0.15) is 0 Å². The van der Waals surface area contributed by atoms with Crippen LogP contribution < -0.4 is 20.1 Å². The molecule has 1 unspecified atom stereocenters. The number of carbonyl (C=O) groups excluding carboxylic acids is 3. The zero-order valence-corrected chi connectivity index (χ0v) is 18.9. The highest BCUT2D eigenvalue weighted by molar-refractivity contribution is 6.10. The summed E-state index contributed by atoms with van der Waals surface area (Å²) in [6.07, 6.45) is 0. The van der Waals surface area contributed by atoms with Crippen LogP contribution in [-0.2, 0) is 21.7 Å². The van der Waals surface area contributed by atoms with E-state index in [0.717, 1.165) is 10.5 Å². The van der Waals surface area contributed by atoms with Crippen LogP contribution in [0.1, 0.15) is 18.1 Å². The lowest BCUT2D eigenvalue weighted by molar-refractivity contribution is -0.133. The number of nitrogens with zero attached hydrogens (tertiary/aromatic N) is 1. The van der Waals surface area contributed by atoms with Crippen molar-refractivity contribution in [2.24, 2.45) is 0 Å². The number of methoxy groups -OCH3 is 1. The number of amides is 4. The molecule has 0 saturated carbocycles. The Bertz CT molecular complexity index is 1180. The van der Waals surface area contributed by atoms with Gasteiger partial charge in [0.05, 0.1) is 7.11 Å². The third-order valence-electron chi connectivity index (χ3n) is 5.63. The second-order valence-electron chi connectivity index (χ2n) is 8.02. The Balaban J connectivity index is 1.35. The summed E-state index contributed by atoms with van der Waals surface area (Å²) in [6, 6.07) is 22.9. The standard InChI is InChI=1S/C26H25N3O5/c1-26(19-8-12-21(33-2)13-9-19)24(31)29(25(32)28-26)16-23(30)27-20-10-14-22(15-11-20)34-17-18-6-4-3-5-7-18/h3-15H,16-17H2,1-2H3,(H,27,30)(H,28,32). The zero-order chi connectivity index (χ0) is 24.1. The summed E-state index contributed by atoms with van der Waals surface area (Å²) in [5.74, 6) is 0.311. The van der Waals surface area contributed by atoms with E-state index in [-0.39, 0.29) is 0 Å². The summed E-state index contributed by atoms with van der Waals surface area (Å²) >= 11 is 0. The van der Waals surface area contributed by atoms with Crippen molar-refractivity contribution in [2.75, 3.05) is 19.0 Å². The first-order valence-electron chi connectivity index (χ1n) is 10.7. The molecule has 0 bridgehead atoms. The summed E-state index contributed by atoms with van der Waals surface area (Å²) in [7, 11) is 1.55. The Labute approximate surface area is 197 Å². The van der Waals surface area contributed by atoms with E-state index < -0.39 is 29.9 Å². The highest BCUT2D eigenvalue weighted by Crippen LogP contribution is 2.30. The number of ether oxygens (including phenoxy) is 2. The van der Waals surface area contributed by atoms with E-state index in [1.54, 1.807) is 62.6 Å². The van der Waals surface area contributed by atoms with E-state index >= 15 is 0 Å². The van der Waals surface area contributed by atoms with Crippen molar-refractivity contribution in [1.82, 2.24) is 10.2 Å². The van der Waals surface area contributed by atoms with Gasteiger partial charge in [0.2, 0.25) is 5.91 Å². The van der Waals surface area contributed by atoms with Crippen molar-refractivity contribution < 1.29 is 23.9 Å². The second kappa shape index (κ2) is 9.66. The fraction of sp³-hybridized carbons (Fsp3) is 0.192. The quantitative estimate of drug-likeness (QED) is 0.501. The zero-order valence-electron chi connectivity index (χ0n) is 18.9. The minimum atomic E-state index is -1.26. The Morgan fingerprint density at radius 2 is 1.59 bits per heavy atom. The molecule has 0 aromatic heterocycles. The van der Waals surface area contributed by atoms with Crippen molar-refractivity contribution in [2.45, 2.75) is 19.1 Å². The van der Waals surface area contributed by atoms with Crippen molar-refractivity contribution in [3.8, 4) is 11.5 Å². The average Bonchev–Trinajstić information content (AvgIpc) is 3.08. The van der Waals surface area contributed by atoms with Gasteiger partial charge in [0, 0.05) is 5.69 Å². The third kappa shape index (κ3) is 4.85. The van der Waals surface area contributed by atoms with E-state index in [4.69, 9.17) is 9.47 Å². The molecular weight excluding hydrogens is 434 g/mol. The van der Waals surface area contributed by atoms with Crippen LogP contribution in [-0.4, -0.2) is 36.4 Å². The number of nitrogens with one attached hydrogen (secondary N) is 2. The molecule has 1 heterocycles. The smallest absolute Gasteiger partial charge is 0.325 e. The Morgan fingerprint density at radius 3 is 2.24 bits per heavy atom. The van der Waals surface area contributed by atoms with E-state index in [2.05, 4.69) is 10.6 Å². The summed E-state index contributed by atoms with van der Waals surface area (Å²) in [5, 5.41) is 5.40. The molecule has 3 aromatic carbocycles. The molecule has 8 nitrogen and oxygen atoms in total. The SMILES string of the molecule is COc1ccc(C2(C)NC(=O)N(CC(=O)Nc3ccc(OCc4ccccc4)cc3)C2=O)cc1. The molecule has 1 saturated heterocycles. The van der Waals surface area contributed by atoms with Crippen molar-refractivity contribution in [1.29, 1.82) is 0 Å². The van der Waals surface area contributed by atoms with Crippen molar-refractivity contribution in [3.05, 3.63) is 90.0 Å². The summed E-state index contributed by atoms with van der Waals surface area (Å²) in [5.41, 5.74) is 0.916. The van der Waals surface area contributed by atoms with Crippen LogP contribution in [0.4, 0.5) is 10.5 Å². The molecule has 1 aliphatic heterocycles. The van der Waals surface area contributed by atoms with Gasteiger partial charge in [-0.25, -0.2) is 4.79 Å². The van der Waals surface area contributed by atoms with E-state index in [1.165, 1.54) is 0 Å². The Hall–Kier alpha value is -4.33. The molecule has 0 aliphatic carbocycles. The molecule has 4 rings (SSSR count). The minimum absolute atomic E-state index is 0.400. The lowest BCUT2D eigenvalue weighted by atomic mass is 9.92. The Kier molecular flexibility index (Phi) is 6.49. The predicted octanol–water partition coefficient (Wildman–Crippen LogP) is 3.68. The second-order valence-corrected chi connectivity index (χ2v) is 8.02. The van der Waals surface area contributed by atoms with Crippen LogP contribution in [0.2, 0.25) is 0 Å². The molecule has 4 amide bonds. The van der Waals surface area contributed by atoms with E-state index in [9.17, 15) is 14.4 Å². The number of urea groups is 1. The number of hydrogen-bond donors (Lipinski definition) is 2. The molecule has 0 radical (unpaired) electrons. The van der Waals surface area contributed by atoms with E-state index in [0.29, 0.717) is 29.4 Å². The molecular formula is C26H25N3O5.